The summed E-state index contributed by atoms with van der Waals surface area (Å²) in [5.74, 6) is -3.95. The number of phenols is 1. The zero-order chi connectivity index (χ0) is 48.2. The maximum absolute atomic E-state index is 16.9. The van der Waals surface area contributed by atoms with Crippen molar-refractivity contribution < 1.29 is 42.5 Å². The summed E-state index contributed by atoms with van der Waals surface area (Å²) in [7, 11) is 0. The number of imide groups is 1. The Morgan fingerprint density at radius 3 is 2.40 bits per heavy atom. The van der Waals surface area contributed by atoms with E-state index in [2.05, 4.69) is 41.0 Å². The lowest BCUT2D eigenvalue weighted by Crippen LogP contribution is -2.71. The number of amides is 3. The van der Waals surface area contributed by atoms with Crippen molar-refractivity contribution in [3.05, 3.63) is 77.2 Å². The number of carbonyl (C=O) groups excluding carboxylic acids is 3. The van der Waals surface area contributed by atoms with Crippen LogP contribution in [0.1, 0.15) is 61.4 Å². The quantitative estimate of drug-likeness (QED) is 0.159. The van der Waals surface area contributed by atoms with Gasteiger partial charge in [-0.1, -0.05) is 6.07 Å². The van der Waals surface area contributed by atoms with E-state index in [1.807, 2.05) is 17.0 Å². The number of pyridine rings is 1. The number of phenolic OH excluding ortho intramolecular Hbond substituents is 1. The highest BCUT2D eigenvalue weighted by Crippen LogP contribution is 2.48. The average Bonchev–Trinajstić information content (AvgIpc) is 4.01. The predicted octanol–water partition coefficient (Wildman–Crippen LogP) is 4.43. The van der Waals surface area contributed by atoms with Gasteiger partial charge in [0.2, 0.25) is 11.8 Å². The Kier molecular flexibility index (Phi) is 10.9. The minimum absolute atomic E-state index is 0.0240. The van der Waals surface area contributed by atoms with Gasteiger partial charge in [-0.25, -0.2) is 13.2 Å². The molecule has 0 bridgehead atoms. The Morgan fingerprint density at radius 2 is 1.64 bits per heavy atom. The summed E-state index contributed by atoms with van der Waals surface area (Å²) in [5, 5.41) is 24.2. The number of piperidine rings is 2. The van der Waals surface area contributed by atoms with E-state index in [4.69, 9.17) is 9.72 Å². The van der Waals surface area contributed by atoms with Gasteiger partial charge < -0.3 is 29.6 Å². The molecule has 3 amide bonds. The van der Waals surface area contributed by atoms with E-state index in [1.54, 1.807) is 11.8 Å². The number of fused-ring (bicyclic) bond motifs is 3. The number of nitrogens with zero attached hydrogens (tertiary/aromatic N) is 9. The number of likely N-dealkylation sites (tertiary alicyclic amines) is 2. The molecule has 16 nitrogen and oxygen atoms in total. The van der Waals surface area contributed by atoms with Crippen molar-refractivity contribution in [2.24, 2.45) is 5.41 Å². The number of hydrogen-bond donors (Lipinski definition) is 3. The van der Waals surface area contributed by atoms with E-state index in [1.165, 1.54) is 18.3 Å². The second kappa shape index (κ2) is 17.0. The number of aliphatic hydroxyl groups is 1. The highest BCUT2D eigenvalue weighted by molar-refractivity contribution is 6.05. The van der Waals surface area contributed by atoms with Gasteiger partial charge in [0.15, 0.2) is 17.5 Å². The fraction of sp³-hybridized carbons (Fsp3) is 0.490. The third kappa shape index (κ3) is 8.13. The zero-order valence-electron chi connectivity index (χ0n) is 39.0. The topological polar surface area (TPSA) is 171 Å². The molecule has 3 N–H and O–H groups in total. The average molecular weight is 961 g/mol. The van der Waals surface area contributed by atoms with Crippen molar-refractivity contribution in [2.45, 2.75) is 75.7 Å². The number of β-amino-alcohol motifs (C(OH)–C–C–N with tert-alkyl or cyclic N) is 1. The van der Waals surface area contributed by atoms with Crippen LogP contribution in [0, 0.1) is 22.9 Å². The van der Waals surface area contributed by atoms with Crippen LogP contribution >= 0.6 is 0 Å². The van der Waals surface area contributed by atoms with Gasteiger partial charge in [-0.15, -0.1) is 0 Å². The van der Waals surface area contributed by atoms with Gasteiger partial charge in [0, 0.05) is 131 Å². The Bertz CT molecular complexity index is 2970. The fourth-order valence-corrected chi connectivity index (χ4v) is 11.7. The molecule has 1 aliphatic carbocycles. The number of nitrogens with one attached hydrogen (secondary N) is 1. The fourth-order valence-electron chi connectivity index (χ4n) is 11.7. The van der Waals surface area contributed by atoms with Crippen molar-refractivity contribution in [1.29, 1.82) is 0 Å². The second-order valence-corrected chi connectivity index (χ2v) is 21.0. The van der Waals surface area contributed by atoms with Crippen LogP contribution in [0.3, 0.4) is 0 Å². The number of hydrogen-bond acceptors (Lipinski definition) is 14. The number of carbonyl (C=O) groups is 3. The van der Waals surface area contributed by atoms with Gasteiger partial charge in [-0.3, -0.25) is 39.4 Å². The monoisotopic (exact) mass is 960 g/mol. The van der Waals surface area contributed by atoms with Crippen LogP contribution in [0.25, 0.3) is 32.9 Å². The van der Waals surface area contributed by atoms with Crippen LogP contribution in [0.15, 0.2) is 48.7 Å². The highest BCUT2D eigenvalue weighted by atomic mass is 19.2. The van der Waals surface area contributed by atoms with Crippen molar-refractivity contribution in [2.75, 3.05) is 88.4 Å². The third-order valence-electron chi connectivity index (χ3n) is 15.9. The van der Waals surface area contributed by atoms with Crippen LogP contribution < -0.4 is 19.9 Å². The zero-order valence-corrected chi connectivity index (χ0v) is 39.0. The summed E-state index contributed by atoms with van der Waals surface area (Å²) in [6.07, 6.45) is 5.20. The van der Waals surface area contributed by atoms with Crippen molar-refractivity contribution in [1.82, 2.24) is 39.9 Å². The first-order valence-corrected chi connectivity index (χ1v) is 24.5. The molecule has 0 radical (unpaired) electrons. The van der Waals surface area contributed by atoms with Gasteiger partial charge in [0.1, 0.15) is 28.8 Å². The van der Waals surface area contributed by atoms with E-state index in [0.29, 0.717) is 62.4 Å². The number of rotatable bonds is 11. The van der Waals surface area contributed by atoms with E-state index in [9.17, 15) is 29.0 Å². The Labute approximate surface area is 402 Å². The molecule has 0 unspecified atom stereocenters. The minimum atomic E-state index is -1.18. The highest BCUT2D eigenvalue weighted by Gasteiger charge is 2.49. The van der Waals surface area contributed by atoms with Crippen LogP contribution in [-0.2, 0) is 16.1 Å². The number of piperazine rings is 1. The van der Waals surface area contributed by atoms with E-state index in [0.717, 1.165) is 95.1 Å². The maximum atomic E-state index is 16.9. The lowest BCUT2D eigenvalue weighted by atomic mass is 9.95. The molecular weight excluding hydrogens is 906 g/mol. The molecular formula is C51H55F3N10O6. The standard InChI is InChI=1S/C51H55F3N10O6/c1-50(69)9-2-12-62(26-50)46-37-20-55-44(36-19-34(65)18-29-3-6-38(52)42(53)41(29)36)43(54)45(37)57-49(58-46)70-28-51(10-11-51)27-59-22-32(23-59)63-24-33(25-63)61-15-13-60(14-16-61)31-4-5-35-30(17-31)21-64(48(35)68)39-7-8-40(66)56-47(39)67/h3-6,17-20,32-33,39,65,69H,2,7-16,21-28H2,1H3,(H,56,66,67)/t39-,50+/m0/s1. The predicted molar refractivity (Wildman–Crippen MR) is 253 cm³/mol. The molecule has 2 aromatic heterocycles. The first kappa shape index (κ1) is 45.0. The molecule has 12 rings (SSSR count). The summed E-state index contributed by atoms with van der Waals surface area (Å²) in [6, 6.07) is 11.0. The molecule has 19 heteroatoms. The lowest BCUT2D eigenvalue weighted by molar-refractivity contribution is -0.136. The van der Waals surface area contributed by atoms with Gasteiger partial charge in [-0.05, 0) is 86.4 Å². The SMILES string of the molecule is C[C@@]1(O)CCCN(c2nc(OCC3(CN4CC(N5CC(N6CCN(c7ccc8c(c7)CN([C@H]7CCC(=O)NC7=O)C8=O)CC6)C5)C4)CC3)nc3c(F)c(-c4cc(O)cc5ccc(F)c(F)c45)ncc23)C1. The van der Waals surface area contributed by atoms with Gasteiger partial charge in [0.25, 0.3) is 5.91 Å². The molecule has 6 aliphatic heterocycles. The second-order valence-electron chi connectivity index (χ2n) is 21.0. The molecule has 366 valence electrons. The Hall–Kier alpha value is -6.15. The molecule has 5 saturated heterocycles. The van der Waals surface area contributed by atoms with Crippen LogP contribution in [-0.4, -0.2) is 165 Å². The number of benzene rings is 3. The largest absolute Gasteiger partial charge is 0.508 e. The molecule has 8 heterocycles. The maximum Gasteiger partial charge on any atom is 0.319 e. The number of aromatic nitrogens is 3. The van der Waals surface area contributed by atoms with Gasteiger partial charge in [-0.2, -0.15) is 9.97 Å². The Morgan fingerprint density at radius 1 is 0.857 bits per heavy atom. The Balaban J connectivity index is 0.662. The number of anilines is 2. The van der Waals surface area contributed by atoms with Gasteiger partial charge in [0.05, 0.1) is 17.6 Å². The number of halogens is 3. The van der Waals surface area contributed by atoms with Crippen molar-refractivity contribution in [3.8, 4) is 23.0 Å². The summed E-state index contributed by atoms with van der Waals surface area (Å²) in [5.41, 5.74) is 0.980. The number of ether oxygens (including phenoxy) is 1. The summed E-state index contributed by atoms with van der Waals surface area (Å²) < 4.78 is 53.1. The molecule has 6 fully saturated rings. The molecule has 70 heavy (non-hydrogen) atoms. The van der Waals surface area contributed by atoms with E-state index < -0.39 is 35.0 Å². The minimum Gasteiger partial charge on any atom is -0.508 e. The molecule has 2 atom stereocenters. The van der Waals surface area contributed by atoms with Crippen LogP contribution in [0.2, 0.25) is 0 Å². The third-order valence-corrected chi connectivity index (χ3v) is 15.9. The first-order valence-electron chi connectivity index (χ1n) is 24.5. The van der Waals surface area contributed by atoms with Crippen molar-refractivity contribution >= 4 is 50.9 Å². The van der Waals surface area contributed by atoms with E-state index in [-0.39, 0.29) is 74.9 Å². The molecule has 0 spiro atoms. The van der Waals surface area contributed by atoms with Gasteiger partial charge >= 0.3 is 6.01 Å². The van der Waals surface area contributed by atoms with Crippen LogP contribution in [0.4, 0.5) is 24.7 Å². The van der Waals surface area contributed by atoms with E-state index >= 15 is 8.78 Å². The molecule has 3 aromatic carbocycles. The first-order chi connectivity index (χ1) is 33.7. The smallest absolute Gasteiger partial charge is 0.319 e. The number of aromatic hydroxyl groups is 1. The molecule has 1 saturated carbocycles. The lowest BCUT2D eigenvalue weighted by Gasteiger charge is -2.55. The normalized spacial score (nSPS) is 24.6. The molecule has 5 aromatic rings. The van der Waals surface area contributed by atoms with Crippen LogP contribution in [0.5, 0.6) is 11.8 Å². The summed E-state index contributed by atoms with van der Waals surface area (Å²) in [4.78, 5) is 64.6. The summed E-state index contributed by atoms with van der Waals surface area (Å²) in [6.45, 7) is 11.8. The summed E-state index contributed by atoms with van der Waals surface area (Å²) >= 11 is 0. The molecule has 7 aliphatic rings. The van der Waals surface area contributed by atoms with Crippen molar-refractivity contribution in [3.63, 3.8) is 0 Å².